The molecule has 1 atom stereocenters. The zero-order chi connectivity index (χ0) is 17.9. The van der Waals surface area contributed by atoms with Gasteiger partial charge in [0.25, 0.3) is 5.69 Å². The minimum atomic E-state index is -0.540. The van der Waals surface area contributed by atoms with Gasteiger partial charge in [-0.1, -0.05) is 15.9 Å². The van der Waals surface area contributed by atoms with Gasteiger partial charge in [0.15, 0.2) is 0 Å². The van der Waals surface area contributed by atoms with Crippen LogP contribution in [0.25, 0.3) is 0 Å². The maximum absolute atomic E-state index is 12.3. The van der Waals surface area contributed by atoms with Gasteiger partial charge in [0, 0.05) is 23.6 Å². The molecule has 0 bridgehead atoms. The fourth-order valence-corrected chi connectivity index (χ4v) is 2.99. The Bertz CT molecular complexity index is 630. The average Bonchev–Trinajstić information content (AvgIpc) is 2.92. The van der Waals surface area contributed by atoms with Crippen molar-refractivity contribution in [2.45, 2.75) is 45.3 Å². The van der Waals surface area contributed by atoms with E-state index in [-0.39, 0.29) is 17.8 Å². The molecule has 1 heterocycles. The fourth-order valence-electron chi connectivity index (χ4n) is 2.64. The summed E-state index contributed by atoms with van der Waals surface area (Å²) in [5.41, 5.74) is -0.0901. The molecular formula is C16H22BrN3O4. The van der Waals surface area contributed by atoms with Gasteiger partial charge in [0.1, 0.15) is 11.3 Å². The van der Waals surface area contributed by atoms with Crippen LogP contribution in [-0.4, -0.2) is 40.6 Å². The highest BCUT2D eigenvalue weighted by molar-refractivity contribution is 9.10. The first-order chi connectivity index (χ1) is 11.2. The third-order valence-electron chi connectivity index (χ3n) is 3.69. The highest BCUT2D eigenvalue weighted by Gasteiger charge is 2.32. The molecule has 132 valence electrons. The predicted octanol–water partition coefficient (Wildman–Crippen LogP) is 4.17. The normalized spacial score (nSPS) is 17.7. The van der Waals surface area contributed by atoms with Crippen molar-refractivity contribution in [2.24, 2.45) is 0 Å². The number of halogens is 1. The summed E-state index contributed by atoms with van der Waals surface area (Å²) >= 11 is 3.24. The number of nitro benzene ring substituents is 1. The Morgan fingerprint density at radius 3 is 2.83 bits per heavy atom. The second-order valence-electron chi connectivity index (χ2n) is 6.77. The van der Waals surface area contributed by atoms with E-state index in [4.69, 9.17) is 4.74 Å². The second kappa shape index (κ2) is 7.38. The molecule has 1 N–H and O–H groups in total. The smallest absolute Gasteiger partial charge is 0.410 e. The zero-order valence-corrected chi connectivity index (χ0v) is 15.6. The lowest BCUT2D eigenvalue weighted by atomic mass is 10.2. The fraction of sp³-hybridized carbons (Fsp3) is 0.562. The van der Waals surface area contributed by atoms with Gasteiger partial charge < -0.3 is 15.0 Å². The van der Waals surface area contributed by atoms with Crippen LogP contribution < -0.4 is 5.32 Å². The highest BCUT2D eigenvalue weighted by Crippen LogP contribution is 2.29. The lowest BCUT2D eigenvalue weighted by Crippen LogP contribution is -2.42. The van der Waals surface area contributed by atoms with Gasteiger partial charge in [-0.15, -0.1) is 0 Å². The molecule has 1 saturated heterocycles. The first kappa shape index (κ1) is 18.5. The Morgan fingerprint density at radius 1 is 1.50 bits per heavy atom. The Kier molecular flexibility index (Phi) is 5.69. The molecule has 1 aliphatic rings. The topological polar surface area (TPSA) is 84.7 Å². The van der Waals surface area contributed by atoms with Crippen molar-refractivity contribution in [1.29, 1.82) is 0 Å². The number of benzene rings is 1. The van der Waals surface area contributed by atoms with Crippen LogP contribution in [0.15, 0.2) is 22.7 Å². The summed E-state index contributed by atoms with van der Waals surface area (Å²) in [6.45, 7) is 6.59. The number of likely N-dealkylation sites (tertiary alicyclic amines) is 1. The van der Waals surface area contributed by atoms with Crippen molar-refractivity contribution in [3.63, 3.8) is 0 Å². The van der Waals surface area contributed by atoms with Crippen LogP contribution in [0.2, 0.25) is 0 Å². The molecule has 1 fully saturated rings. The van der Waals surface area contributed by atoms with Crippen LogP contribution in [0.4, 0.5) is 16.2 Å². The summed E-state index contributed by atoms with van der Waals surface area (Å²) in [4.78, 5) is 24.7. The van der Waals surface area contributed by atoms with Crippen LogP contribution in [0, 0.1) is 10.1 Å². The van der Waals surface area contributed by atoms with E-state index in [1.165, 1.54) is 6.07 Å². The molecule has 0 aromatic heterocycles. The Labute approximate surface area is 149 Å². The van der Waals surface area contributed by atoms with E-state index in [1.807, 2.05) is 20.8 Å². The third-order valence-corrected chi connectivity index (χ3v) is 4.18. The van der Waals surface area contributed by atoms with Crippen molar-refractivity contribution >= 4 is 33.4 Å². The third kappa shape index (κ3) is 4.83. The molecule has 1 unspecified atom stereocenters. The number of nitrogens with zero attached hydrogens (tertiary/aromatic N) is 2. The maximum atomic E-state index is 12.3. The summed E-state index contributed by atoms with van der Waals surface area (Å²) in [6.07, 6.45) is 1.40. The van der Waals surface area contributed by atoms with Gasteiger partial charge in [-0.2, -0.15) is 0 Å². The van der Waals surface area contributed by atoms with Gasteiger partial charge in [-0.05, 0) is 45.7 Å². The molecule has 0 radical (unpaired) electrons. The molecule has 24 heavy (non-hydrogen) atoms. The molecule has 0 spiro atoms. The van der Waals surface area contributed by atoms with Crippen LogP contribution >= 0.6 is 15.9 Å². The highest BCUT2D eigenvalue weighted by atomic mass is 79.9. The van der Waals surface area contributed by atoms with Gasteiger partial charge in [0.2, 0.25) is 0 Å². The lowest BCUT2D eigenvalue weighted by molar-refractivity contribution is -0.384. The van der Waals surface area contributed by atoms with Crippen molar-refractivity contribution in [3.8, 4) is 0 Å². The second-order valence-corrected chi connectivity index (χ2v) is 7.68. The van der Waals surface area contributed by atoms with Crippen LogP contribution in [0.3, 0.4) is 0 Å². The summed E-state index contributed by atoms with van der Waals surface area (Å²) in [5.74, 6) is 0. The number of carbonyl (C=O) groups excluding carboxylic acids is 1. The van der Waals surface area contributed by atoms with Crippen LogP contribution in [-0.2, 0) is 4.74 Å². The van der Waals surface area contributed by atoms with Crippen molar-refractivity contribution in [2.75, 3.05) is 18.4 Å². The monoisotopic (exact) mass is 399 g/mol. The van der Waals surface area contributed by atoms with Gasteiger partial charge in [0.05, 0.1) is 11.0 Å². The molecule has 1 aromatic rings. The molecule has 8 heteroatoms. The first-order valence-electron chi connectivity index (χ1n) is 7.85. The average molecular weight is 400 g/mol. The number of rotatable bonds is 4. The number of nitrogens with one attached hydrogen (secondary N) is 1. The van der Waals surface area contributed by atoms with Crippen LogP contribution in [0.1, 0.15) is 33.6 Å². The lowest BCUT2D eigenvalue weighted by Gasteiger charge is -2.28. The van der Waals surface area contributed by atoms with Crippen molar-refractivity contribution in [1.82, 2.24) is 4.90 Å². The summed E-state index contributed by atoms with van der Waals surface area (Å²) in [6, 6.07) is 4.83. The van der Waals surface area contributed by atoms with Gasteiger partial charge in [-0.25, -0.2) is 4.79 Å². The number of carbonyl (C=O) groups is 1. The van der Waals surface area contributed by atoms with E-state index in [1.54, 1.807) is 17.0 Å². The standard InChI is InChI=1S/C16H22BrN3O4/c1-16(2,3)24-15(21)19-8-4-5-12(19)10-18-13-7-6-11(17)9-14(13)20(22)23/h6-7,9,12,18H,4-5,8,10H2,1-3H3. The van der Waals surface area contributed by atoms with Crippen LogP contribution in [0.5, 0.6) is 0 Å². The number of hydrogen-bond acceptors (Lipinski definition) is 5. The van der Waals surface area contributed by atoms with E-state index in [9.17, 15) is 14.9 Å². The molecular weight excluding hydrogens is 378 g/mol. The van der Waals surface area contributed by atoms with Gasteiger partial charge >= 0.3 is 6.09 Å². The predicted molar refractivity (Wildman–Crippen MR) is 95.2 cm³/mol. The summed E-state index contributed by atoms with van der Waals surface area (Å²) in [7, 11) is 0. The molecule has 0 saturated carbocycles. The van der Waals surface area contributed by atoms with E-state index in [0.29, 0.717) is 23.2 Å². The van der Waals surface area contributed by atoms with E-state index in [0.717, 1.165) is 12.8 Å². The van der Waals surface area contributed by atoms with E-state index in [2.05, 4.69) is 21.2 Å². The SMILES string of the molecule is CC(C)(C)OC(=O)N1CCCC1CNc1ccc(Br)cc1[N+](=O)[O-]. The number of anilines is 1. The van der Waals surface area contributed by atoms with Crippen molar-refractivity contribution < 1.29 is 14.5 Å². The molecule has 2 rings (SSSR count). The molecule has 1 aromatic carbocycles. The minimum absolute atomic E-state index is 0.00573. The first-order valence-corrected chi connectivity index (χ1v) is 8.64. The summed E-state index contributed by atoms with van der Waals surface area (Å²) in [5, 5.41) is 14.3. The van der Waals surface area contributed by atoms with E-state index < -0.39 is 10.5 Å². The Morgan fingerprint density at radius 2 is 2.21 bits per heavy atom. The quantitative estimate of drug-likeness (QED) is 0.606. The molecule has 1 amide bonds. The molecule has 7 nitrogen and oxygen atoms in total. The molecule has 1 aliphatic heterocycles. The zero-order valence-electron chi connectivity index (χ0n) is 14.0. The number of ether oxygens (including phenoxy) is 1. The van der Waals surface area contributed by atoms with Crippen molar-refractivity contribution in [3.05, 3.63) is 32.8 Å². The number of nitro groups is 1. The molecule has 0 aliphatic carbocycles. The number of amides is 1. The Balaban J connectivity index is 2.03. The number of hydrogen-bond donors (Lipinski definition) is 1. The summed E-state index contributed by atoms with van der Waals surface area (Å²) < 4.78 is 6.08. The Hall–Kier alpha value is -1.83. The maximum Gasteiger partial charge on any atom is 0.410 e. The van der Waals surface area contributed by atoms with E-state index >= 15 is 0 Å². The minimum Gasteiger partial charge on any atom is -0.444 e. The van der Waals surface area contributed by atoms with Gasteiger partial charge in [-0.3, -0.25) is 10.1 Å². The largest absolute Gasteiger partial charge is 0.444 e.